The number of aromatic amines is 1. The molecule has 2 heterocycles. The Morgan fingerprint density at radius 1 is 1.13 bits per heavy atom. The van der Waals surface area contributed by atoms with Crippen LogP contribution < -0.4 is 0 Å². The molecule has 1 fully saturated rings. The molecule has 0 aliphatic carbocycles. The van der Waals surface area contributed by atoms with E-state index in [4.69, 9.17) is 4.74 Å². The Morgan fingerprint density at radius 2 is 1.84 bits per heavy atom. The van der Waals surface area contributed by atoms with Gasteiger partial charge in [0.2, 0.25) is 0 Å². The van der Waals surface area contributed by atoms with Crippen LogP contribution in [-0.4, -0.2) is 66.3 Å². The van der Waals surface area contributed by atoms with Gasteiger partial charge in [0, 0.05) is 38.7 Å². The molecule has 2 aromatic carbocycles. The first-order valence-electron chi connectivity index (χ1n) is 11.1. The number of benzene rings is 2. The van der Waals surface area contributed by atoms with Gasteiger partial charge in [-0.25, -0.2) is 0 Å². The summed E-state index contributed by atoms with van der Waals surface area (Å²) in [6.07, 6.45) is 3.15. The monoisotopic (exact) mass is 420 g/mol. The number of likely N-dealkylation sites (N-methyl/N-ethyl adjacent to an activating group) is 1. The van der Waals surface area contributed by atoms with Crippen LogP contribution >= 0.6 is 0 Å². The number of amides is 1. The first-order chi connectivity index (χ1) is 15.1. The van der Waals surface area contributed by atoms with E-state index in [1.807, 2.05) is 29.2 Å². The summed E-state index contributed by atoms with van der Waals surface area (Å²) < 4.78 is 5.14. The van der Waals surface area contributed by atoms with Gasteiger partial charge in [-0.3, -0.25) is 14.8 Å². The summed E-state index contributed by atoms with van der Waals surface area (Å²) in [4.78, 5) is 17.2. The minimum absolute atomic E-state index is 0.0397. The largest absolute Gasteiger partial charge is 0.383 e. The molecule has 0 bridgehead atoms. The zero-order chi connectivity index (χ0) is 21.6. The first kappa shape index (κ1) is 21.5. The molecule has 6 heteroatoms. The number of piperidine rings is 1. The number of carbonyl (C=O) groups is 1. The number of fused-ring (bicyclic) bond motifs is 1. The number of likely N-dealkylation sites (tertiary alicyclic amines) is 1. The highest BCUT2D eigenvalue weighted by Gasteiger charge is 2.26. The molecule has 1 aliphatic rings. The lowest BCUT2D eigenvalue weighted by Crippen LogP contribution is -2.39. The van der Waals surface area contributed by atoms with Gasteiger partial charge in [-0.1, -0.05) is 42.5 Å². The summed E-state index contributed by atoms with van der Waals surface area (Å²) in [5, 5.41) is 8.15. The molecule has 6 nitrogen and oxygen atoms in total. The Morgan fingerprint density at radius 3 is 2.58 bits per heavy atom. The fourth-order valence-electron chi connectivity index (χ4n) is 4.37. The van der Waals surface area contributed by atoms with Crippen molar-refractivity contribution in [2.45, 2.75) is 25.8 Å². The van der Waals surface area contributed by atoms with Crippen molar-refractivity contribution in [3.8, 4) is 0 Å². The van der Waals surface area contributed by atoms with Crippen LogP contribution in [0, 0.1) is 5.92 Å². The molecule has 1 aromatic heterocycles. The van der Waals surface area contributed by atoms with Gasteiger partial charge in [-0.05, 0) is 49.4 Å². The number of hydrogen-bond donors (Lipinski definition) is 1. The molecular weight excluding hydrogens is 388 g/mol. The lowest BCUT2D eigenvalue weighted by Gasteiger charge is -2.31. The number of methoxy groups -OCH3 is 1. The summed E-state index contributed by atoms with van der Waals surface area (Å²) in [5.74, 6) is 0.660. The Hall–Kier alpha value is -2.70. The Kier molecular flexibility index (Phi) is 6.99. The third kappa shape index (κ3) is 5.32. The Labute approximate surface area is 184 Å². The molecular formula is C25H32N4O2. The number of nitrogens with zero attached hydrogens (tertiary/aromatic N) is 3. The van der Waals surface area contributed by atoms with Crippen molar-refractivity contribution in [2.75, 3.05) is 40.4 Å². The third-order valence-electron chi connectivity index (χ3n) is 6.25. The van der Waals surface area contributed by atoms with Gasteiger partial charge in [-0.2, -0.15) is 5.10 Å². The van der Waals surface area contributed by atoms with Gasteiger partial charge in [0.05, 0.1) is 12.1 Å². The average Bonchev–Trinajstić information content (AvgIpc) is 3.23. The van der Waals surface area contributed by atoms with Gasteiger partial charge in [0.25, 0.3) is 5.91 Å². The van der Waals surface area contributed by atoms with Gasteiger partial charge in [-0.15, -0.1) is 0 Å². The maximum Gasteiger partial charge on any atom is 0.274 e. The highest BCUT2D eigenvalue weighted by molar-refractivity contribution is 6.04. The van der Waals surface area contributed by atoms with Crippen LogP contribution in [0.2, 0.25) is 0 Å². The first-order valence-corrected chi connectivity index (χ1v) is 11.1. The van der Waals surface area contributed by atoms with Crippen molar-refractivity contribution in [3.63, 3.8) is 0 Å². The molecule has 4 rings (SSSR count). The van der Waals surface area contributed by atoms with Crippen molar-refractivity contribution in [3.05, 3.63) is 65.4 Å². The second kappa shape index (κ2) is 10.1. The normalized spacial score (nSPS) is 15.1. The maximum absolute atomic E-state index is 13.0. The predicted molar refractivity (Wildman–Crippen MR) is 123 cm³/mol. The van der Waals surface area contributed by atoms with Crippen LogP contribution in [0.5, 0.6) is 0 Å². The molecule has 1 N–H and O–H groups in total. The van der Waals surface area contributed by atoms with Crippen LogP contribution in [0.4, 0.5) is 0 Å². The minimum atomic E-state index is 0.0397. The van der Waals surface area contributed by atoms with Crippen LogP contribution in [0.1, 0.15) is 34.5 Å². The third-order valence-corrected chi connectivity index (χ3v) is 6.25. The SMILES string of the molecule is COCCN(C)Cc1ccc(CC2CCN(C(=O)c3n[nH]c4ccccc34)CC2)cc1. The highest BCUT2D eigenvalue weighted by Crippen LogP contribution is 2.24. The summed E-state index contributed by atoms with van der Waals surface area (Å²) in [7, 11) is 3.86. The number of rotatable bonds is 8. The van der Waals surface area contributed by atoms with Crippen molar-refractivity contribution >= 4 is 16.8 Å². The van der Waals surface area contributed by atoms with Gasteiger partial charge in [0.1, 0.15) is 0 Å². The van der Waals surface area contributed by atoms with Crippen molar-refractivity contribution in [1.29, 1.82) is 0 Å². The van der Waals surface area contributed by atoms with E-state index in [2.05, 4.69) is 46.4 Å². The quantitative estimate of drug-likeness (QED) is 0.603. The lowest BCUT2D eigenvalue weighted by atomic mass is 9.89. The molecule has 0 unspecified atom stereocenters. The molecule has 0 atom stereocenters. The smallest absolute Gasteiger partial charge is 0.274 e. The van der Waals surface area contributed by atoms with Crippen LogP contribution in [0.3, 0.4) is 0 Å². The van der Waals surface area contributed by atoms with E-state index in [-0.39, 0.29) is 5.91 Å². The molecule has 0 spiro atoms. The number of H-pyrrole nitrogens is 1. The van der Waals surface area contributed by atoms with E-state index >= 15 is 0 Å². The molecule has 1 aliphatic heterocycles. The predicted octanol–water partition coefficient (Wildman–Crippen LogP) is 3.74. The molecule has 3 aromatic rings. The van der Waals surface area contributed by atoms with Crippen LogP contribution in [-0.2, 0) is 17.7 Å². The van der Waals surface area contributed by atoms with Gasteiger partial charge < -0.3 is 9.64 Å². The lowest BCUT2D eigenvalue weighted by molar-refractivity contribution is 0.0686. The van der Waals surface area contributed by atoms with E-state index < -0.39 is 0 Å². The summed E-state index contributed by atoms with van der Waals surface area (Å²) >= 11 is 0. The van der Waals surface area contributed by atoms with E-state index in [1.165, 1.54) is 11.1 Å². The minimum Gasteiger partial charge on any atom is -0.383 e. The molecule has 0 radical (unpaired) electrons. The van der Waals surface area contributed by atoms with Gasteiger partial charge >= 0.3 is 0 Å². The van der Waals surface area contributed by atoms with Crippen molar-refractivity contribution < 1.29 is 9.53 Å². The standard InChI is InChI=1S/C25H32N4O2/c1-28(15-16-31-2)18-21-9-7-19(8-10-21)17-20-11-13-29(14-12-20)25(30)24-22-5-3-4-6-23(22)26-27-24/h3-10,20H,11-18H2,1-2H3,(H,26,27). The van der Waals surface area contributed by atoms with Crippen LogP contribution in [0.25, 0.3) is 10.9 Å². The second-order valence-electron chi connectivity index (χ2n) is 8.60. The number of para-hydroxylation sites is 1. The molecule has 0 saturated carbocycles. The number of ether oxygens (including phenoxy) is 1. The fraction of sp³-hybridized carbons (Fsp3) is 0.440. The fourth-order valence-corrected chi connectivity index (χ4v) is 4.37. The zero-order valence-electron chi connectivity index (χ0n) is 18.5. The average molecular weight is 421 g/mol. The summed E-state index contributed by atoms with van der Waals surface area (Å²) in [6, 6.07) is 16.8. The van der Waals surface area contributed by atoms with E-state index in [9.17, 15) is 4.79 Å². The number of hydrogen-bond acceptors (Lipinski definition) is 4. The van der Waals surface area contributed by atoms with Gasteiger partial charge in [0.15, 0.2) is 5.69 Å². The second-order valence-corrected chi connectivity index (χ2v) is 8.60. The Balaban J connectivity index is 1.28. The van der Waals surface area contributed by atoms with Crippen molar-refractivity contribution in [2.24, 2.45) is 5.92 Å². The number of carbonyl (C=O) groups excluding carboxylic acids is 1. The maximum atomic E-state index is 13.0. The van der Waals surface area contributed by atoms with E-state index in [0.29, 0.717) is 11.6 Å². The van der Waals surface area contributed by atoms with Crippen molar-refractivity contribution in [1.82, 2.24) is 20.0 Å². The van der Waals surface area contributed by atoms with E-state index in [0.717, 1.165) is 63.0 Å². The molecule has 164 valence electrons. The summed E-state index contributed by atoms with van der Waals surface area (Å²) in [6.45, 7) is 4.22. The molecule has 31 heavy (non-hydrogen) atoms. The number of aromatic nitrogens is 2. The van der Waals surface area contributed by atoms with E-state index in [1.54, 1.807) is 7.11 Å². The molecule has 1 amide bonds. The zero-order valence-corrected chi connectivity index (χ0v) is 18.5. The number of nitrogens with one attached hydrogen (secondary N) is 1. The molecule has 1 saturated heterocycles. The highest BCUT2D eigenvalue weighted by atomic mass is 16.5. The Bertz CT molecular complexity index is 990. The van der Waals surface area contributed by atoms with Crippen LogP contribution in [0.15, 0.2) is 48.5 Å². The topological polar surface area (TPSA) is 61.5 Å². The summed E-state index contributed by atoms with van der Waals surface area (Å²) in [5.41, 5.74) is 4.16.